The smallest absolute Gasteiger partial charge is 0.266 e. The quantitative estimate of drug-likeness (QED) is 0.664. The number of halogens is 1. The van der Waals surface area contributed by atoms with Crippen molar-refractivity contribution in [3.63, 3.8) is 0 Å². The van der Waals surface area contributed by atoms with E-state index < -0.39 is 15.9 Å². The number of aromatic amines is 1. The number of hydrogen-bond acceptors (Lipinski definition) is 5. The van der Waals surface area contributed by atoms with Crippen LogP contribution in [0.15, 0.2) is 33.6 Å². The Balaban J connectivity index is 2.36. The Kier molecular flexibility index (Phi) is 4.33. The van der Waals surface area contributed by atoms with Crippen molar-refractivity contribution in [2.75, 3.05) is 4.72 Å². The number of amides is 1. The van der Waals surface area contributed by atoms with Crippen LogP contribution >= 0.6 is 15.9 Å². The largest absolute Gasteiger partial charge is 0.364 e. The van der Waals surface area contributed by atoms with Gasteiger partial charge in [0.25, 0.3) is 15.9 Å². The van der Waals surface area contributed by atoms with Crippen LogP contribution in [0.4, 0.5) is 5.82 Å². The van der Waals surface area contributed by atoms with E-state index in [9.17, 15) is 18.0 Å². The number of Topliss-reactive ketones (excluding diaryl/α,β-unsaturated/α-hetero) is 1. The number of carbonyl (C=O) groups is 2. The van der Waals surface area contributed by atoms with Crippen molar-refractivity contribution < 1.29 is 18.0 Å². The number of primary amides is 1. The summed E-state index contributed by atoms with van der Waals surface area (Å²) in [6.45, 7) is 1.33. The summed E-state index contributed by atoms with van der Waals surface area (Å²) in [4.78, 5) is 22.3. The molecular formula is C12H11BrN4O4S. The second-order valence-electron chi connectivity index (χ2n) is 4.33. The second-order valence-corrected chi connectivity index (χ2v) is 6.87. The molecule has 0 unspecified atom stereocenters. The van der Waals surface area contributed by atoms with Crippen molar-refractivity contribution >= 4 is 43.5 Å². The Morgan fingerprint density at radius 2 is 2.00 bits per heavy atom. The molecule has 1 aromatic heterocycles. The van der Waals surface area contributed by atoms with Crippen molar-refractivity contribution in [3.8, 4) is 0 Å². The first-order chi connectivity index (χ1) is 10.2. The number of carbonyl (C=O) groups excluding carboxylic acids is 2. The summed E-state index contributed by atoms with van der Waals surface area (Å²) in [7, 11) is -3.96. The summed E-state index contributed by atoms with van der Waals surface area (Å²) >= 11 is 3.18. The third-order valence-electron chi connectivity index (χ3n) is 2.71. The molecule has 0 saturated heterocycles. The molecule has 1 heterocycles. The van der Waals surface area contributed by atoms with Crippen LogP contribution in [0.2, 0.25) is 0 Å². The van der Waals surface area contributed by atoms with E-state index in [-0.39, 0.29) is 27.8 Å². The molecule has 0 atom stereocenters. The second kappa shape index (κ2) is 5.89. The molecule has 4 N–H and O–H groups in total. The lowest BCUT2D eigenvalue weighted by atomic mass is 10.1. The Bertz CT molecular complexity index is 860. The van der Waals surface area contributed by atoms with E-state index in [1.165, 1.54) is 31.2 Å². The topological polar surface area (TPSA) is 135 Å². The molecule has 0 saturated carbocycles. The maximum absolute atomic E-state index is 12.3. The minimum absolute atomic E-state index is 0.0297. The maximum Gasteiger partial charge on any atom is 0.266 e. The van der Waals surface area contributed by atoms with Crippen molar-refractivity contribution in [2.24, 2.45) is 5.73 Å². The number of nitrogens with one attached hydrogen (secondary N) is 2. The third kappa shape index (κ3) is 3.34. The van der Waals surface area contributed by atoms with Crippen LogP contribution in [-0.2, 0) is 10.0 Å². The SMILES string of the molecule is CC(=O)c1cc(S(=O)(=O)Nc2cc(C(N)=O)[nH]n2)ccc1Br. The molecule has 0 fully saturated rings. The average molecular weight is 387 g/mol. The number of sulfonamides is 1. The van der Waals surface area contributed by atoms with Crippen molar-refractivity contribution in [3.05, 3.63) is 40.0 Å². The average Bonchev–Trinajstić information content (AvgIpc) is 2.86. The van der Waals surface area contributed by atoms with Crippen LogP contribution in [0.1, 0.15) is 27.8 Å². The molecule has 22 heavy (non-hydrogen) atoms. The van der Waals surface area contributed by atoms with Crippen molar-refractivity contribution in [1.82, 2.24) is 10.2 Å². The lowest BCUT2D eigenvalue weighted by Crippen LogP contribution is -2.14. The van der Waals surface area contributed by atoms with Gasteiger partial charge < -0.3 is 5.73 Å². The molecule has 0 radical (unpaired) electrons. The lowest BCUT2D eigenvalue weighted by Gasteiger charge is -2.07. The fraction of sp³-hybridized carbons (Fsp3) is 0.0833. The first-order valence-corrected chi connectivity index (χ1v) is 8.17. The molecule has 0 bridgehead atoms. The van der Waals surface area contributed by atoms with E-state index in [4.69, 9.17) is 5.73 Å². The number of anilines is 1. The molecule has 0 aliphatic heterocycles. The van der Waals surface area contributed by atoms with Gasteiger partial charge in [-0.1, -0.05) is 15.9 Å². The Morgan fingerprint density at radius 3 is 2.55 bits per heavy atom. The minimum atomic E-state index is -3.96. The molecule has 1 amide bonds. The summed E-state index contributed by atoms with van der Waals surface area (Å²) in [6.07, 6.45) is 0. The van der Waals surface area contributed by atoms with E-state index in [1.807, 2.05) is 0 Å². The van der Waals surface area contributed by atoms with E-state index in [2.05, 4.69) is 30.8 Å². The molecule has 116 valence electrons. The van der Waals surface area contributed by atoms with Gasteiger partial charge in [0, 0.05) is 16.1 Å². The number of hydrogen-bond donors (Lipinski definition) is 3. The van der Waals surface area contributed by atoms with E-state index in [0.717, 1.165) is 0 Å². The van der Waals surface area contributed by atoms with Gasteiger partial charge in [-0.15, -0.1) is 0 Å². The highest BCUT2D eigenvalue weighted by Crippen LogP contribution is 2.23. The van der Waals surface area contributed by atoms with Gasteiger partial charge in [-0.3, -0.25) is 19.4 Å². The summed E-state index contributed by atoms with van der Waals surface area (Å²) in [5.74, 6) is -1.12. The number of H-pyrrole nitrogens is 1. The number of nitrogens with two attached hydrogens (primary N) is 1. The summed E-state index contributed by atoms with van der Waals surface area (Å²) < 4.78 is 27.2. The van der Waals surface area contributed by atoms with Gasteiger partial charge in [0.1, 0.15) is 5.69 Å². The first-order valence-electron chi connectivity index (χ1n) is 5.89. The summed E-state index contributed by atoms with van der Waals surface area (Å²) in [5, 5.41) is 5.94. The Labute approximate surface area is 134 Å². The Hall–Kier alpha value is -2.20. The van der Waals surface area contributed by atoms with Gasteiger partial charge >= 0.3 is 0 Å². The third-order valence-corrected chi connectivity index (χ3v) is 4.75. The number of rotatable bonds is 5. The normalized spacial score (nSPS) is 11.2. The monoisotopic (exact) mass is 386 g/mol. The zero-order chi connectivity index (χ0) is 16.5. The molecule has 2 aromatic rings. The van der Waals surface area contributed by atoms with Crippen LogP contribution < -0.4 is 10.5 Å². The molecular weight excluding hydrogens is 376 g/mol. The van der Waals surface area contributed by atoms with Crippen molar-refractivity contribution in [1.29, 1.82) is 0 Å². The van der Waals surface area contributed by atoms with E-state index in [0.29, 0.717) is 4.47 Å². The van der Waals surface area contributed by atoms with Crippen LogP contribution in [0.3, 0.4) is 0 Å². The minimum Gasteiger partial charge on any atom is -0.364 e. The fourth-order valence-corrected chi connectivity index (χ4v) is 3.18. The molecule has 0 aliphatic rings. The van der Waals surface area contributed by atoms with Crippen LogP contribution in [-0.4, -0.2) is 30.3 Å². The Morgan fingerprint density at radius 1 is 1.32 bits per heavy atom. The highest BCUT2D eigenvalue weighted by molar-refractivity contribution is 9.10. The van der Waals surface area contributed by atoms with Crippen LogP contribution in [0.5, 0.6) is 0 Å². The number of ketones is 1. The van der Waals surface area contributed by atoms with Gasteiger partial charge in [0.2, 0.25) is 0 Å². The molecule has 10 heteroatoms. The zero-order valence-electron chi connectivity index (χ0n) is 11.3. The van der Waals surface area contributed by atoms with Gasteiger partial charge in [-0.25, -0.2) is 8.42 Å². The summed E-state index contributed by atoms with van der Waals surface area (Å²) in [5.41, 5.74) is 5.25. The predicted molar refractivity (Wildman–Crippen MR) is 82.1 cm³/mol. The lowest BCUT2D eigenvalue weighted by molar-refractivity contribution is 0.0992. The standard InChI is InChI=1S/C12H11BrN4O4S/c1-6(18)8-4-7(2-3-9(8)13)22(20,21)17-11-5-10(12(14)19)15-16-11/h2-5H,1H3,(H2,14,19)(H2,15,16,17). The van der Waals surface area contributed by atoms with E-state index in [1.54, 1.807) is 0 Å². The number of nitrogens with zero attached hydrogens (tertiary/aromatic N) is 1. The van der Waals surface area contributed by atoms with Gasteiger partial charge in [0.05, 0.1) is 4.90 Å². The highest BCUT2D eigenvalue weighted by Gasteiger charge is 2.19. The highest BCUT2D eigenvalue weighted by atomic mass is 79.9. The first kappa shape index (κ1) is 16.2. The van der Waals surface area contributed by atoms with E-state index >= 15 is 0 Å². The van der Waals surface area contributed by atoms with Gasteiger partial charge in [-0.2, -0.15) is 5.10 Å². The zero-order valence-corrected chi connectivity index (χ0v) is 13.7. The number of benzene rings is 1. The van der Waals surface area contributed by atoms with Crippen LogP contribution in [0.25, 0.3) is 0 Å². The number of aromatic nitrogens is 2. The fourth-order valence-electron chi connectivity index (χ4n) is 1.64. The summed E-state index contributed by atoms with van der Waals surface area (Å²) in [6, 6.07) is 5.21. The molecule has 0 spiro atoms. The molecule has 1 aromatic carbocycles. The van der Waals surface area contributed by atoms with Crippen molar-refractivity contribution in [2.45, 2.75) is 11.8 Å². The van der Waals surface area contributed by atoms with Crippen LogP contribution in [0, 0.1) is 0 Å². The van der Waals surface area contributed by atoms with Gasteiger partial charge in [0.15, 0.2) is 11.6 Å². The van der Waals surface area contributed by atoms with Gasteiger partial charge in [-0.05, 0) is 25.1 Å². The molecule has 2 rings (SSSR count). The molecule has 0 aliphatic carbocycles. The predicted octanol–water partition coefficient (Wildman–Crippen LogP) is 1.27. The molecule has 8 nitrogen and oxygen atoms in total. The maximum atomic E-state index is 12.3.